The van der Waals surface area contributed by atoms with E-state index in [2.05, 4.69) is 0 Å². The van der Waals surface area contributed by atoms with E-state index in [1.54, 1.807) is 6.92 Å². The molecule has 112 valence electrons. The van der Waals surface area contributed by atoms with Crippen LogP contribution in [0.5, 0.6) is 0 Å². The third kappa shape index (κ3) is 3.13. The van der Waals surface area contributed by atoms with E-state index < -0.39 is 5.97 Å². The normalized spacial score (nSPS) is 10.8. The summed E-state index contributed by atoms with van der Waals surface area (Å²) in [5.74, 6) is -1.00. The first-order valence-corrected chi connectivity index (χ1v) is 7.38. The molecule has 21 heavy (non-hydrogen) atoms. The molecule has 7 heteroatoms. The molecule has 0 radical (unpaired) electrons. The zero-order valence-corrected chi connectivity index (χ0v) is 12.6. The van der Waals surface area contributed by atoms with Gasteiger partial charge in [-0.05, 0) is 25.0 Å². The molecule has 1 N–H and O–H groups in total. The number of aromatic carboxylic acids is 1. The molecular formula is C14H16N2O4S. The smallest absolute Gasteiger partial charge is 0.345 e. The molecule has 0 bridgehead atoms. The van der Waals surface area contributed by atoms with Gasteiger partial charge in [0.05, 0.1) is 6.54 Å². The molecule has 0 amide bonds. The quantitative estimate of drug-likeness (QED) is 0.908. The van der Waals surface area contributed by atoms with Crippen LogP contribution in [0.2, 0.25) is 0 Å². The highest BCUT2D eigenvalue weighted by Gasteiger charge is 2.13. The molecule has 0 fully saturated rings. The van der Waals surface area contributed by atoms with Gasteiger partial charge in [0.1, 0.15) is 4.88 Å². The fourth-order valence-corrected chi connectivity index (χ4v) is 2.94. The number of carboxylic acids is 1. The van der Waals surface area contributed by atoms with Gasteiger partial charge in [-0.25, -0.2) is 9.59 Å². The second-order valence-corrected chi connectivity index (χ2v) is 5.97. The average Bonchev–Trinajstić information content (AvgIpc) is 2.80. The minimum atomic E-state index is -1.00. The van der Waals surface area contributed by atoms with E-state index in [0.717, 1.165) is 27.2 Å². The van der Waals surface area contributed by atoms with Crippen LogP contribution in [0.1, 0.15) is 33.5 Å². The first kappa shape index (κ1) is 15.2. The first-order valence-electron chi connectivity index (χ1n) is 6.57. The molecule has 0 unspecified atom stereocenters. The van der Waals surface area contributed by atoms with Gasteiger partial charge in [-0.3, -0.25) is 9.36 Å². The molecule has 2 aromatic heterocycles. The van der Waals surface area contributed by atoms with Crippen molar-refractivity contribution < 1.29 is 9.90 Å². The van der Waals surface area contributed by atoms with E-state index in [9.17, 15) is 14.4 Å². The van der Waals surface area contributed by atoms with Crippen molar-refractivity contribution in [3.05, 3.63) is 54.5 Å². The second kappa shape index (κ2) is 6.09. The largest absolute Gasteiger partial charge is 0.477 e. The lowest BCUT2D eigenvalue weighted by atomic mass is 10.2. The van der Waals surface area contributed by atoms with Crippen LogP contribution in [0.25, 0.3) is 0 Å². The molecule has 0 saturated carbocycles. The lowest BCUT2D eigenvalue weighted by Gasteiger charge is -2.08. The van der Waals surface area contributed by atoms with Crippen LogP contribution in [0.15, 0.2) is 27.9 Å². The van der Waals surface area contributed by atoms with Crippen molar-refractivity contribution in [1.82, 2.24) is 9.13 Å². The van der Waals surface area contributed by atoms with Gasteiger partial charge in [0.25, 0.3) is 5.56 Å². The number of carboxylic acid groups (broad SMARTS) is 1. The van der Waals surface area contributed by atoms with Gasteiger partial charge in [0, 0.05) is 23.7 Å². The second-order valence-electron chi connectivity index (χ2n) is 4.71. The summed E-state index contributed by atoms with van der Waals surface area (Å²) in [7, 11) is 0. The van der Waals surface area contributed by atoms with E-state index in [1.165, 1.54) is 22.9 Å². The number of thiophene rings is 1. The van der Waals surface area contributed by atoms with Crippen LogP contribution >= 0.6 is 11.3 Å². The third-order valence-electron chi connectivity index (χ3n) is 3.16. The van der Waals surface area contributed by atoms with Crippen molar-refractivity contribution in [1.29, 1.82) is 0 Å². The summed E-state index contributed by atoms with van der Waals surface area (Å²) in [6, 6.07) is 2.88. The fourth-order valence-electron chi connectivity index (χ4n) is 2.07. The van der Waals surface area contributed by atoms with Crippen LogP contribution in [0, 0.1) is 6.92 Å². The lowest BCUT2D eigenvalue weighted by Crippen LogP contribution is -2.39. The van der Waals surface area contributed by atoms with Crippen molar-refractivity contribution in [2.24, 2.45) is 0 Å². The monoisotopic (exact) mass is 308 g/mol. The Morgan fingerprint density at radius 1 is 1.38 bits per heavy atom. The molecule has 0 aliphatic heterocycles. The van der Waals surface area contributed by atoms with Crippen LogP contribution in [0.4, 0.5) is 0 Å². The maximum Gasteiger partial charge on any atom is 0.345 e. The molecule has 6 nitrogen and oxygen atoms in total. The van der Waals surface area contributed by atoms with E-state index in [4.69, 9.17) is 5.11 Å². The van der Waals surface area contributed by atoms with Crippen molar-refractivity contribution in [3.63, 3.8) is 0 Å². The lowest BCUT2D eigenvalue weighted by molar-refractivity contribution is 0.0702. The fraction of sp³-hybridized carbons (Fsp3) is 0.357. The number of aromatic nitrogens is 2. The van der Waals surface area contributed by atoms with Gasteiger partial charge in [-0.1, -0.05) is 6.92 Å². The minimum Gasteiger partial charge on any atom is -0.477 e. The maximum atomic E-state index is 12.2. The highest BCUT2D eigenvalue weighted by atomic mass is 32.1. The van der Waals surface area contributed by atoms with Gasteiger partial charge in [0.2, 0.25) is 0 Å². The number of carbonyl (C=O) groups is 1. The van der Waals surface area contributed by atoms with Crippen molar-refractivity contribution in [2.45, 2.75) is 33.4 Å². The van der Waals surface area contributed by atoms with E-state index in [0.29, 0.717) is 12.1 Å². The summed E-state index contributed by atoms with van der Waals surface area (Å²) < 4.78 is 2.62. The summed E-state index contributed by atoms with van der Waals surface area (Å²) in [6.45, 7) is 4.37. The van der Waals surface area contributed by atoms with Crippen LogP contribution in [0.3, 0.4) is 0 Å². The van der Waals surface area contributed by atoms with Gasteiger partial charge in [0.15, 0.2) is 0 Å². The molecular weight excluding hydrogens is 292 g/mol. The maximum absolute atomic E-state index is 12.2. The van der Waals surface area contributed by atoms with Gasteiger partial charge in [-0.15, -0.1) is 11.3 Å². The standard InChI is InChI=1S/C14H16N2O4S/c1-3-5-15-6-4-12(17)16(14(15)20)8-10-7-11(13(18)19)21-9(10)2/h4,6-7H,3,5,8H2,1-2H3,(H,18,19). The Labute approximate surface area is 124 Å². The summed E-state index contributed by atoms with van der Waals surface area (Å²) in [6.07, 6.45) is 2.28. The number of aryl methyl sites for hydroxylation is 2. The SMILES string of the molecule is CCCn1ccc(=O)n(Cc2cc(C(=O)O)sc2C)c1=O. The van der Waals surface area contributed by atoms with E-state index >= 15 is 0 Å². The molecule has 2 heterocycles. The Bertz CT molecular complexity index is 785. The van der Waals surface area contributed by atoms with Crippen molar-refractivity contribution in [2.75, 3.05) is 0 Å². The van der Waals surface area contributed by atoms with Crippen LogP contribution in [-0.2, 0) is 13.1 Å². The molecule has 0 aromatic carbocycles. The molecule has 0 aliphatic carbocycles. The van der Waals surface area contributed by atoms with Gasteiger partial charge < -0.3 is 9.67 Å². The Hall–Kier alpha value is -2.15. The van der Waals surface area contributed by atoms with E-state index in [-0.39, 0.29) is 22.7 Å². The number of hydrogen-bond donors (Lipinski definition) is 1. The zero-order chi connectivity index (χ0) is 15.6. The molecule has 2 aromatic rings. The predicted octanol–water partition coefficient (Wildman–Crippen LogP) is 1.54. The summed E-state index contributed by atoms with van der Waals surface area (Å²) in [5, 5.41) is 8.99. The van der Waals surface area contributed by atoms with Crippen molar-refractivity contribution >= 4 is 17.3 Å². The van der Waals surface area contributed by atoms with Crippen LogP contribution in [-0.4, -0.2) is 20.2 Å². The summed E-state index contributed by atoms with van der Waals surface area (Å²) in [4.78, 5) is 36.1. The van der Waals surface area contributed by atoms with Gasteiger partial charge >= 0.3 is 11.7 Å². The number of hydrogen-bond acceptors (Lipinski definition) is 4. The van der Waals surface area contributed by atoms with Gasteiger partial charge in [-0.2, -0.15) is 0 Å². The predicted molar refractivity (Wildman–Crippen MR) is 80.4 cm³/mol. The third-order valence-corrected chi connectivity index (χ3v) is 4.24. The Balaban J connectivity index is 2.44. The minimum absolute atomic E-state index is 0.0951. The summed E-state index contributed by atoms with van der Waals surface area (Å²) in [5.41, 5.74) is -0.0625. The average molecular weight is 308 g/mol. The number of rotatable bonds is 5. The first-order chi connectivity index (χ1) is 9.93. The van der Waals surface area contributed by atoms with E-state index in [1.807, 2.05) is 6.92 Å². The number of nitrogens with zero attached hydrogens (tertiary/aromatic N) is 2. The molecule has 0 aliphatic rings. The van der Waals surface area contributed by atoms with Crippen LogP contribution < -0.4 is 11.2 Å². The molecule has 0 saturated heterocycles. The Morgan fingerprint density at radius 3 is 2.67 bits per heavy atom. The highest BCUT2D eigenvalue weighted by Crippen LogP contribution is 2.21. The van der Waals surface area contributed by atoms with Crippen molar-refractivity contribution in [3.8, 4) is 0 Å². The zero-order valence-electron chi connectivity index (χ0n) is 11.8. The Morgan fingerprint density at radius 2 is 2.10 bits per heavy atom. The molecule has 0 spiro atoms. The summed E-state index contributed by atoms with van der Waals surface area (Å²) >= 11 is 1.14. The topological polar surface area (TPSA) is 81.3 Å². The molecule has 2 rings (SSSR count). The highest BCUT2D eigenvalue weighted by molar-refractivity contribution is 7.14. The molecule has 0 atom stereocenters. The Kier molecular flexibility index (Phi) is 4.42.